The number of hydrogen-bond donors (Lipinski definition) is 2. The Kier molecular flexibility index (Phi) is 5.43. The largest absolute Gasteiger partial charge is 0.326 e. The molecule has 2 amide bonds. The first kappa shape index (κ1) is 19.3. The lowest BCUT2D eigenvalue weighted by Crippen LogP contribution is -2.27. The fraction of sp³-hybridized carbons (Fsp3) is 0.250. The van der Waals surface area contributed by atoms with Crippen molar-refractivity contribution in [1.29, 1.82) is 0 Å². The molecule has 7 heteroatoms. The molecule has 2 N–H and O–H groups in total. The van der Waals surface area contributed by atoms with Crippen LogP contribution < -0.4 is 10.6 Å². The second-order valence-corrected chi connectivity index (χ2v) is 8.96. The van der Waals surface area contributed by atoms with Crippen molar-refractivity contribution in [3.8, 4) is 10.6 Å². The van der Waals surface area contributed by atoms with Crippen LogP contribution in [0.1, 0.15) is 36.1 Å². The van der Waals surface area contributed by atoms with Crippen molar-refractivity contribution < 1.29 is 9.59 Å². The number of amides is 2. The van der Waals surface area contributed by atoms with Crippen molar-refractivity contribution in [2.45, 2.75) is 27.7 Å². The van der Waals surface area contributed by atoms with Crippen LogP contribution in [0.15, 0.2) is 41.1 Å². The van der Waals surface area contributed by atoms with Gasteiger partial charge in [-0.05, 0) is 36.6 Å². The van der Waals surface area contributed by atoms with Crippen LogP contribution in [0.4, 0.5) is 11.4 Å². The Morgan fingerprint density at radius 2 is 1.78 bits per heavy atom. The molecule has 1 aromatic carbocycles. The van der Waals surface area contributed by atoms with Gasteiger partial charge in [0, 0.05) is 27.7 Å². The van der Waals surface area contributed by atoms with E-state index in [4.69, 9.17) is 0 Å². The van der Waals surface area contributed by atoms with Gasteiger partial charge in [0.25, 0.3) is 5.91 Å². The number of thiazole rings is 1. The highest BCUT2D eigenvalue weighted by molar-refractivity contribution is 7.17. The van der Waals surface area contributed by atoms with Crippen LogP contribution in [0.3, 0.4) is 0 Å². The summed E-state index contributed by atoms with van der Waals surface area (Å²) in [5, 5.41) is 10.6. The monoisotopic (exact) mass is 399 g/mol. The summed E-state index contributed by atoms with van der Waals surface area (Å²) in [5.74, 6) is -0.282. The summed E-state index contributed by atoms with van der Waals surface area (Å²) in [4.78, 5) is 29.9. The van der Waals surface area contributed by atoms with Crippen molar-refractivity contribution >= 4 is 45.9 Å². The quantitative estimate of drug-likeness (QED) is 0.615. The van der Waals surface area contributed by atoms with Crippen LogP contribution >= 0.6 is 22.7 Å². The molecule has 3 aromatic rings. The van der Waals surface area contributed by atoms with Crippen LogP contribution in [0.5, 0.6) is 0 Å². The van der Waals surface area contributed by atoms with Gasteiger partial charge >= 0.3 is 0 Å². The number of aromatic nitrogens is 1. The maximum atomic E-state index is 12.7. The summed E-state index contributed by atoms with van der Waals surface area (Å²) >= 11 is 2.98. The molecule has 0 aliphatic rings. The van der Waals surface area contributed by atoms with Gasteiger partial charge in [-0.1, -0.05) is 26.8 Å². The lowest BCUT2D eigenvalue weighted by molar-refractivity contribution is -0.123. The zero-order valence-electron chi connectivity index (χ0n) is 15.6. The Balaban J connectivity index is 1.75. The smallest absolute Gasteiger partial charge is 0.267 e. The number of nitrogens with one attached hydrogen (secondary N) is 2. The van der Waals surface area contributed by atoms with E-state index in [0.29, 0.717) is 21.9 Å². The third-order valence-electron chi connectivity index (χ3n) is 3.83. The standard InChI is InChI=1S/C20H21N3O2S2/c1-12-16(27-18(21-12)13-8-9-26-11-13)17(24)22-14-6-5-7-15(10-14)23-19(25)20(2,3)4/h5-11H,1-4H3,(H,22,24)(H,23,25). The first-order valence-corrected chi connectivity index (χ1v) is 10.2. The zero-order chi connectivity index (χ0) is 19.6. The third-order valence-corrected chi connectivity index (χ3v) is 5.72. The average Bonchev–Trinajstić information content (AvgIpc) is 3.23. The van der Waals surface area contributed by atoms with Gasteiger partial charge < -0.3 is 10.6 Å². The van der Waals surface area contributed by atoms with Gasteiger partial charge in [-0.25, -0.2) is 4.98 Å². The summed E-state index contributed by atoms with van der Waals surface area (Å²) in [5.41, 5.74) is 2.51. The van der Waals surface area contributed by atoms with Crippen molar-refractivity contribution in [3.63, 3.8) is 0 Å². The molecule has 2 aromatic heterocycles. The third kappa shape index (κ3) is 4.61. The first-order chi connectivity index (χ1) is 12.7. The summed E-state index contributed by atoms with van der Waals surface area (Å²) in [6.45, 7) is 7.39. The number of hydrogen-bond acceptors (Lipinski definition) is 5. The molecule has 27 heavy (non-hydrogen) atoms. The highest BCUT2D eigenvalue weighted by atomic mass is 32.1. The van der Waals surface area contributed by atoms with E-state index in [1.165, 1.54) is 11.3 Å². The van der Waals surface area contributed by atoms with E-state index in [2.05, 4.69) is 15.6 Å². The van der Waals surface area contributed by atoms with E-state index < -0.39 is 5.41 Å². The maximum Gasteiger partial charge on any atom is 0.267 e. The molecular formula is C20H21N3O2S2. The number of benzene rings is 1. The van der Waals surface area contributed by atoms with Crippen molar-refractivity contribution in [3.05, 3.63) is 51.7 Å². The Morgan fingerprint density at radius 3 is 2.41 bits per heavy atom. The van der Waals surface area contributed by atoms with Crippen LogP contribution in [0.2, 0.25) is 0 Å². The minimum atomic E-state index is -0.489. The fourth-order valence-corrected chi connectivity index (χ4v) is 3.97. The van der Waals surface area contributed by atoms with Gasteiger partial charge in [-0.2, -0.15) is 11.3 Å². The molecule has 5 nitrogen and oxygen atoms in total. The maximum absolute atomic E-state index is 12.7. The average molecular weight is 400 g/mol. The number of rotatable bonds is 4. The second-order valence-electron chi connectivity index (χ2n) is 7.18. The Hall–Kier alpha value is -2.51. The minimum Gasteiger partial charge on any atom is -0.326 e. The molecule has 0 aliphatic heterocycles. The highest BCUT2D eigenvalue weighted by Gasteiger charge is 2.21. The van der Waals surface area contributed by atoms with E-state index in [1.54, 1.807) is 35.6 Å². The summed E-state index contributed by atoms with van der Waals surface area (Å²) in [7, 11) is 0. The number of anilines is 2. The first-order valence-electron chi connectivity index (χ1n) is 8.47. The molecule has 0 saturated carbocycles. The van der Waals surface area contributed by atoms with Crippen LogP contribution in [0.25, 0.3) is 10.6 Å². The van der Waals surface area contributed by atoms with Gasteiger partial charge in [-0.15, -0.1) is 11.3 Å². The molecule has 0 atom stereocenters. The zero-order valence-corrected chi connectivity index (χ0v) is 17.3. The number of nitrogens with zero attached hydrogens (tertiary/aromatic N) is 1. The summed E-state index contributed by atoms with van der Waals surface area (Å²) in [6, 6.07) is 9.13. The van der Waals surface area contributed by atoms with Gasteiger partial charge in [-0.3, -0.25) is 9.59 Å². The number of thiophene rings is 1. The number of carbonyl (C=O) groups excluding carboxylic acids is 2. The molecule has 0 radical (unpaired) electrons. The van der Waals surface area contributed by atoms with E-state index in [9.17, 15) is 9.59 Å². The van der Waals surface area contributed by atoms with Gasteiger partial charge in [0.1, 0.15) is 9.88 Å². The van der Waals surface area contributed by atoms with Gasteiger partial charge in [0.2, 0.25) is 5.91 Å². The Bertz CT molecular complexity index is 970. The Labute approximate surface area is 166 Å². The van der Waals surface area contributed by atoms with Crippen molar-refractivity contribution in [2.75, 3.05) is 10.6 Å². The van der Waals surface area contributed by atoms with Crippen molar-refractivity contribution in [2.24, 2.45) is 5.41 Å². The molecule has 140 valence electrons. The predicted molar refractivity (Wildman–Crippen MR) is 113 cm³/mol. The molecule has 0 aliphatic carbocycles. The summed E-state index contributed by atoms with van der Waals surface area (Å²) in [6.07, 6.45) is 0. The molecule has 2 heterocycles. The minimum absolute atomic E-state index is 0.0790. The molecule has 0 bridgehead atoms. The second kappa shape index (κ2) is 7.62. The summed E-state index contributed by atoms with van der Waals surface area (Å²) < 4.78 is 0. The van der Waals surface area contributed by atoms with E-state index in [-0.39, 0.29) is 11.8 Å². The SMILES string of the molecule is Cc1nc(-c2ccsc2)sc1C(=O)Nc1cccc(NC(=O)C(C)(C)C)c1. The van der Waals surface area contributed by atoms with E-state index in [0.717, 1.165) is 10.6 Å². The molecule has 3 rings (SSSR count). The van der Waals surface area contributed by atoms with Crippen LogP contribution in [-0.2, 0) is 4.79 Å². The van der Waals surface area contributed by atoms with E-state index in [1.807, 2.05) is 44.5 Å². The highest BCUT2D eigenvalue weighted by Crippen LogP contribution is 2.30. The van der Waals surface area contributed by atoms with Crippen molar-refractivity contribution in [1.82, 2.24) is 4.98 Å². The van der Waals surface area contributed by atoms with E-state index >= 15 is 0 Å². The van der Waals surface area contributed by atoms with Gasteiger partial charge in [0.15, 0.2) is 0 Å². The van der Waals surface area contributed by atoms with Crippen LogP contribution in [0, 0.1) is 12.3 Å². The van der Waals surface area contributed by atoms with Gasteiger partial charge in [0.05, 0.1) is 5.69 Å². The number of aryl methyl sites for hydroxylation is 1. The Morgan fingerprint density at radius 1 is 1.07 bits per heavy atom. The molecule has 0 saturated heterocycles. The lowest BCUT2D eigenvalue weighted by Gasteiger charge is -2.18. The fourth-order valence-electron chi connectivity index (χ4n) is 2.30. The predicted octanol–water partition coefficient (Wildman–Crippen LogP) is 5.42. The number of carbonyl (C=O) groups is 2. The molecule has 0 spiro atoms. The molecule has 0 fully saturated rings. The molecule has 0 unspecified atom stereocenters. The molecular weight excluding hydrogens is 378 g/mol. The normalized spacial score (nSPS) is 11.3. The van der Waals surface area contributed by atoms with Crippen LogP contribution in [-0.4, -0.2) is 16.8 Å². The lowest BCUT2D eigenvalue weighted by atomic mass is 9.95. The topological polar surface area (TPSA) is 71.1 Å².